The van der Waals surface area contributed by atoms with Crippen LogP contribution in [0.5, 0.6) is 0 Å². The highest BCUT2D eigenvalue weighted by Crippen LogP contribution is 2.10. The van der Waals surface area contributed by atoms with Gasteiger partial charge in [0, 0.05) is 18.3 Å². The first-order chi connectivity index (χ1) is 9.13. The highest BCUT2D eigenvalue weighted by molar-refractivity contribution is 7.99. The molecule has 0 saturated heterocycles. The maximum Gasteiger partial charge on any atom is 0.355 e. The zero-order chi connectivity index (χ0) is 14.1. The van der Waals surface area contributed by atoms with Crippen LogP contribution in [0.25, 0.3) is 0 Å². The number of hydrogen-bond donors (Lipinski definition) is 2. The van der Waals surface area contributed by atoms with Crippen molar-refractivity contribution in [1.29, 1.82) is 0 Å². The number of carboxylic acid groups (broad SMARTS) is 1. The minimum Gasteiger partial charge on any atom is -0.476 e. The summed E-state index contributed by atoms with van der Waals surface area (Å²) in [7, 11) is 0. The molecule has 0 aliphatic carbocycles. The first-order valence-corrected chi connectivity index (χ1v) is 8.19. The largest absolute Gasteiger partial charge is 0.476 e. The van der Waals surface area contributed by atoms with Crippen LogP contribution < -0.4 is 5.32 Å². The van der Waals surface area contributed by atoms with Crippen molar-refractivity contribution in [3.63, 3.8) is 0 Å². The quantitative estimate of drug-likeness (QED) is 0.682. The molecule has 0 radical (unpaired) electrons. The van der Waals surface area contributed by atoms with Gasteiger partial charge in [-0.1, -0.05) is 13.3 Å². The van der Waals surface area contributed by atoms with Crippen LogP contribution in [-0.4, -0.2) is 40.0 Å². The van der Waals surface area contributed by atoms with E-state index in [1.807, 2.05) is 0 Å². The standard InChI is InChI=1S/C12H18N2O3S2/c1-2-3-6-18-8-10(15)13-5-4-11-14-9(7-19-11)12(16)17/h7H,2-6,8H2,1H3,(H,13,15)(H,16,17). The van der Waals surface area contributed by atoms with Crippen molar-refractivity contribution < 1.29 is 14.7 Å². The summed E-state index contributed by atoms with van der Waals surface area (Å²) in [5.41, 5.74) is 0.0708. The Morgan fingerprint density at radius 3 is 2.95 bits per heavy atom. The molecule has 1 heterocycles. The van der Waals surface area contributed by atoms with Crippen molar-refractivity contribution in [2.75, 3.05) is 18.1 Å². The van der Waals surface area contributed by atoms with Gasteiger partial charge in [0.1, 0.15) is 0 Å². The fraction of sp³-hybridized carbons (Fsp3) is 0.583. The molecule has 0 aliphatic heterocycles. The Morgan fingerprint density at radius 2 is 2.32 bits per heavy atom. The third-order valence-electron chi connectivity index (χ3n) is 2.31. The summed E-state index contributed by atoms with van der Waals surface area (Å²) in [5, 5.41) is 13.8. The van der Waals surface area contributed by atoms with Gasteiger partial charge in [-0.15, -0.1) is 11.3 Å². The lowest BCUT2D eigenvalue weighted by Gasteiger charge is -2.03. The van der Waals surface area contributed by atoms with Gasteiger partial charge in [-0.05, 0) is 12.2 Å². The Hall–Kier alpha value is -1.08. The zero-order valence-corrected chi connectivity index (χ0v) is 12.5. The number of thioether (sulfide) groups is 1. The van der Waals surface area contributed by atoms with E-state index in [0.717, 1.165) is 23.6 Å². The molecule has 1 rings (SSSR count). The first kappa shape index (κ1) is 16.0. The maximum atomic E-state index is 11.5. The van der Waals surface area contributed by atoms with Gasteiger partial charge in [-0.2, -0.15) is 11.8 Å². The van der Waals surface area contributed by atoms with Crippen LogP contribution >= 0.6 is 23.1 Å². The number of aromatic carboxylic acids is 1. The topological polar surface area (TPSA) is 79.3 Å². The van der Waals surface area contributed by atoms with E-state index in [4.69, 9.17) is 5.11 Å². The van der Waals surface area contributed by atoms with Gasteiger partial charge in [0.05, 0.1) is 10.8 Å². The normalized spacial score (nSPS) is 10.4. The molecule has 5 nitrogen and oxygen atoms in total. The molecule has 0 bridgehead atoms. The smallest absolute Gasteiger partial charge is 0.355 e. The van der Waals surface area contributed by atoms with E-state index in [9.17, 15) is 9.59 Å². The summed E-state index contributed by atoms with van der Waals surface area (Å²) in [5.74, 6) is 0.506. The van der Waals surface area contributed by atoms with Crippen LogP contribution in [0, 0.1) is 0 Å². The molecule has 1 aromatic heterocycles. The molecular formula is C12H18N2O3S2. The molecule has 0 atom stereocenters. The lowest BCUT2D eigenvalue weighted by atomic mass is 10.4. The minimum atomic E-state index is -1.01. The molecule has 7 heteroatoms. The number of thiazole rings is 1. The monoisotopic (exact) mass is 302 g/mol. The predicted octanol–water partition coefficient (Wildman–Crippen LogP) is 2.03. The summed E-state index contributed by atoms with van der Waals surface area (Å²) < 4.78 is 0. The van der Waals surface area contributed by atoms with E-state index in [2.05, 4.69) is 17.2 Å². The molecule has 0 fully saturated rings. The lowest BCUT2D eigenvalue weighted by Crippen LogP contribution is -2.27. The van der Waals surface area contributed by atoms with Gasteiger partial charge < -0.3 is 10.4 Å². The van der Waals surface area contributed by atoms with Gasteiger partial charge in [0.2, 0.25) is 5.91 Å². The second kappa shape index (κ2) is 8.92. The van der Waals surface area contributed by atoms with E-state index >= 15 is 0 Å². The zero-order valence-electron chi connectivity index (χ0n) is 10.8. The molecular weight excluding hydrogens is 284 g/mol. The number of hydrogen-bond acceptors (Lipinski definition) is 5. The van der Waals surface area contributed by atoms with Gasteiger partial charge in [-0.3, -0.25) is 4.79 Å². The fourth-order valence-corrected chi connectivity index (χ4v) is 2.99. The summed E-state index contributed by atoms with van der Waals surface area (Å²) in [6.07, 6.45) is 2.85. The maximum absolute atomic E-state index is 11.5. The average Bonchev–Trinajstić information content (AvgIpc) is 2.84. The number of aromatic nitrogens is 1. The van der Waals surface area contributed by atoms with Crippen LogP contribution in [0.15, 0.2) is 5.38 Å². The number of carboxylic acids is 1. The van der Waals surface area contributed by atoms with Crippen LogP contribution in [-0.2, 0) is 11.2 Å². The second-order valence-corrected chi connectivity index (χ2v) is 5.99. The Kier molecular flexibility index (Phi) is 7.50. The SMILES string of the molecule is CCCCSCC(=O)NCCc1nc(C(=O)O)cs1. The van der Waals surface area contributed by atoms with Crippen molar-refractivity contribution in [2.24, 2.45) is 0 Å². The van der Waals surface area contributed by atoms with E-state index in [-0.39, 0.29) is 11.6 Å². The molecule has 1 aromatic rings. The third-order valence-corrected chi connectivity index (χ3v) is 4.26. The molecule has 0 unspecified atom stereocenters. The molecule has 19 heavy (non-hydrogen) atoms. The summed E-state index contributed by atoms with van der Waals surface area (Å²) in [4.78, 5) is 26.1. The minimum absolute atomic E-state index is 0.0242. The Labute approximate surface area is 120 Å². The summed E-state index contributed by atoms with van der Waals surface area (Å²) in [6, 6.07) is 0. The molecule has 0 aliphatic rings. The van der Waals surface area contributed by atoms with Crippen molar-refractivity contribution in [3.05, 3.63) is 16.1 Å². The Morgan fingerprint density at radius 1 is 1.53 bits per heavy atom. The van der Waals surface area contributed by atoms with E-state index in [1.54, 1.807) is 11.8 Å². The van der Waals surface area contributed by atoms with Gasteiger partial charge in [0.15, 0.2) is 5.69 Å². The van der Waals surface area contributed by atoms with Crippen molar-refractivity contribution in [3.8, 4) is 0 Å². The molecule has 0 spiro atoms. The first-order valence-electron chi connectivity index (χ1n) is 6.15. The number of carbonyl (C=O) groups is 2. The number of nitrogens with zero attached hydrogens (tertiary/aromatic N) is 1. The second-order valence-electron chi connectivity index (χ2n) is 3.94. The Balaban J connectivity index is 2.15. The van der Waals surface area contributed by atoms with Crippen molar-refractivity contribution in [2.45, 2.75) is 26.2 Å². The van der Waals surface area contributed by atoms with E-state index in [0.29, 0.717) is 18.7 Å². The number of nitrogens with one attached hydrogen (secondary N) is 1. The molecule has 106 valence electrons. The van der Waals surface area contributed by atoms with Crippen LogP contribution in [0.3, 0.4) is 0 Å². The Bertz CT molecular complexity index is 421. The van der Waals surface area contributed by atoms with E-state index in [1.165, 1.54) is 16.7 Å². The number of unbranched alkanes of at least 4 members (excludes halogenated alkanes) is 1. The summed E-state index contributed by atoms with van der Waals surface area (Å²) in [6.45, 7) is 2.62. The van der Waals surface area contributed by atoms with Gasteiger partial charge >= 0.3 is 5.97 Å². The number of carbonyl (C=O) groups excluding carboxylic acids is 1. The third kappa shape index (κ3) is 6.58. The fourth-order valence-electron chi connectivity index (χ4n) is 1.30. The summed E-state index contributed by atoms with van der Waals surface area (Å²) >= 11 is 2.94. The van der Waals surface area contributed by atoms with Crippen LogP contribution in [0.2, 0.25) is 0 Å². The number of amides is 1. The number of rotatable bonds is 9. The highest BCUT2D eigenvalue weighted by atomic mass is 32.2. The lowest BCUT2D eigenvalue weighted by molar-refractivity contribution is -0.118. The average molecular weight is 302 g/mol. The van der Waals surface area contributed by atoms with Gasteiger partial charge in [-0.25, -0.2) is 9.78 Å². The van der Waals surface area contributed by atoms with Crippen LogP contribution in [0.1, 0.15) is 35.3 Å². The van der Waals surface area contributed by atoms with Crippen molar-refractivity contribution >= 4 is 35.0 Å². The van der Waals surface area contributed by atoms with Crippen LogP contribution in [0.4, 0.5) is 0 Å². The van der Waals surface area contributed by atoms with Gasteiger partial charge in [0.25, 0.3) is 0 Å². The molecule has 1 amide bonds. The molecule has 2 N–H and O–H groups in total. The van der Waals surface area contributed by atoms with Crippen molar-refractivity contribution in [1.82, 2.24) is 10.3 Å². The van der Waals surface area contributed by atoms with E-state index < -0.39 is 5.97 Å². The highest BCUT2D eigenvalue weighted by Gasteiger charge is 2.08. The molecule has 0 aromatic carbocycles. The molecule has 0 saturated carbocycles. The predicted molar refractivity (Wildman–Crippen MR) is 78.0 cm³/mol.